The van der Waals surface area contributed by atoms with Gasteiger partial charge in [-0.25, -0.2) is 0 Å². The molecule has 1 amide bonds. The minimum Gasteiger partial charge on any atom is -0.395 e. The number of aliphatic hydroxyl groups excluding tert-OH is 1. The second kappa shape index (κ2) is 8.68. The summed E-state index contributed by atoms with van der Waals surface area (Å²) < 4.78 is 0. The zero-order valence-electron chi connectivity index (χ0n) is 10.0. The van der Waals surface area contributed by atoms with Gasteiger partial charge in [0.1, 0.15) is 0 Å². The zero-order chi connectivity index (χ0) is 11.7. The van der Waals surface area contributed by atoms with Gasteiger partial charge in [0.2, 0.25) is 5.91 Å². The molecule has 0 aromatic heterocycles. The van der Waals surface area contributed by atoms with E-state index >= 15 is 0 Å². The van der Waals surface area contributed by atoms with E-state index in [1.807, 2.05) is 0 Å². The third-order valence-electron chi connectivity index (χ3n) is 2.27. The molecule has 0 aliphatic carbocycles. The van der Waals surface area contributed by atoms with E-state index in [1.165, 1.54) is 0 Å². The lowest BCUT2D eigenvalue weighted by Crippen LogP contribution is -2.34. The van der Waals surface area contributed by atoms with E-state index in [2.05, 4.69) is 24.5 Å². The normalized spacial score (nSPS) is 12.9. The molecule has 0 spiro atoms. The van der Waals surface area contributed by atoms with E-state index in [4.69, 9.17) is 5.11 Å². The molecular weight excluding hydrogens is 192 g/mol. The molecule has 90 valence electrons. The molecule has 0 aromatic rings. The summed E-state index contributed by atoms with van der Waals surface area (Å²) in [5.74, 6) is 0.648. The number of nitrogens with one attached hydrogen (secondary N) is 2. The van der Waals surface area contributed by atoms with Crippen LogP contribution in [0.4, 0.5) is 0 Å². The first-order chi connectivity index (χ1) is 7.10. The van der Waals surface area contributed by atoms with Gasteiger partial charge in [0.15, 0.2) is 0 Å². The molecule has 0 aromatic carbocycles. The van der Waals surface area contributed by atoms with Crippen LogP contribution < -0.4 is 10.6 Å². The van der Waals surface area contributed by atoms with Crippen LogP contribution in [0.3, 0.4) is 0 Å². The predicted octanol–water partition coefficient (Wildman–Crippen LogP) is 0.509. The Morgan fingerprint density at radius 1 is 1.40 bits per heavy atom. The maximum Gasteiger partial charge on any atom is 0.219 e. The molecule has 0 aliphatic rings. The van der Waals surface area contributed by atoms with Crippen LogP contribution in [0.2, 0.25) is 0 Å². The summed E-state index contributed by atoms with van der Waals surface area (Å²) in [6.45, 7) is 5.22. The molecular formula is C11H24N2O2. The third-order valence-corrected chi connectivity index (χ3v) is 2.27. The van der Waals surface area contributed by atoms with Gasteiger partial charge < -0.3 is 15.7 Å². The largest absolute Gasteiger partial charge is 0.395 e. The van der Waals surface area contributed by atoms with Gasteiger partial charge in [-0.15, -0.1) is 0 Å². The molecule has 4 heteroatoms. The summed E-state index contributed by atoms with van der Waals surface area (Å²) in [5, 5.41) is 14.9. The van der Waals surface area contributed by atoms with Crippen molar-refractivity contribution < 1.29 is 9.90 Å². The first kappa shape index (κ1) is 14.4. The van der Waals surface area contributed by atoms with Crippen molar-refractivity contribution in [2.24, 2.45) is 5.92 Å². The Bertz CT molecular complexity index is 172. The lowest BCUT2D eigenvalue weighted by Gasteiger charge is -2.17. The maximum atomic E-state index is 10.9. The maximum absolute atomic E-state index is 10.9. The molecule has 0 bridgehead atoms. The van der Waals surface area contributed by atoms with Gasteiger partial charge in [-0.2, -0.15) is 0 Å². The zero-order valence-corrected chi connectivity index (χ0v) is 10.0. The summed E-state index contributed by atoms with van der Waals surface area (Å²) in [5.41, 5.74) is 0. The number of amides is 1. The Morgan fingerprint density at radius 2 is 2.07 bits per heavy atom. The second-order valence-corrected chi connectivity index (χ2v) is 4.24. The molecule has 0 aliphatic heterocycles. The van der Waals surface area contributed by atoms with Crippen molar-refractivity contribution in [3.63, 3.8) is 0 Å². The molecule has 3 N–H and O–H groups in total. The van der Waals surface area contributed by atoms with Crippen molar-refractivity contribution in [2.75, 3.05) is 20.2 Å². The highest BCUT2D eigenvalue weighted by atomic mass is 16.3. The molecule has 0 fully saturated rings. The van der Waals surface area contributed by atoms with E-state index in [0.717, 1.165) is 19.4 Å². The molecule has 0 saturated carbocycles. The van der Waals surface area contributed by atoms with Crippen LogP contribution in [-0.4, -0.2) is 37.3 Å². The molecule has 0 saturated heterocycles. The highest BCUT2D eigenvalue weighted by Crippen LogP contribution is 2.04. The van der Waals surface area contributed by atoms with Crippen LogP contribution in [0.1, 0.15) is 33.1 Å². The lowest BCUT2D eigenvalue weighted by atomic mass is 10.0. The number of carbonyl (C=O) groups excluding carboxylic acids is 1. The van der Waals surface area contributed by atoms with Gasteiger partial charge in [0, 0.05) is 19.5 Å². The number of aliphatic hydroxyl groups is 1. The van der Waals surface area contributed by atoms with Gasteiger partial charge in [-0.05, 0) is 25.3 Å². The fraction of sp³-hybridized carbons (Fsp3) is 0.909. The van der Waals surface area contributed by atoms with E-state index < -0.39 is 0 Å². The van der Waals surface area contributed by atoms with Crippen LogP contribution in [0.15, 0.2) is 0 Å². The predicted molar refractivity (Wildman–Crippen MR) is 61.6 cm³/mol. The van der Waals surface area contributed by atoms with Crippen LogP contribution in [-0.2, 0) is 4.79 Å². The van der Waals surface area contributed by atoms with Crippen molar-refractivity contribution in [1.82, 2.24) is 10.6 Å². The fourth-order valence-electron chi connectivity index (χ4n) is 1.47. The first-order valence-corrected chi connectivity index (χ1v) is 5.65. The molecule has 1 atom stereocenters. The quantitative estimate of drug-likeness (QED) is 0.518. The number of rotatable bonds is 8. The highest BCUT2D eigenvalue weighted by Gasteiger charge is 2.08. The summed E-state index contributed by atoms with van der Waals surface area (Å²) in [6.07, 6.45) is 2.33. The van der Waals surface area contributed by atoms with E-state index in [9.17, 15) is 4.79 Å². The Labute approximate surface area is 92.4 Å². The standard InChI is InChI=1S/C11H24N2O2/c1-9(2)7-10(8-14)13-6-4-5-11(15)12-3/h9-10,13-14H,4-8H2,1-3H3,(H,12,15). The Morgan fingerprint density at radius 3 is 2.53 bits per heavy atom. The minimum atomic E-state index is 0.0706. The average molecular weight is 216 g/mol. The van der Waals surface area contributed by atoms with Gasteiger partial charge in [0.05, 0.1) is 6.61 Å². The van der Waals surface area contributed by atoms with Crippen molar-refractivity contribution in [1.29, 1.82) is 0 Å². The summed E-state index contributed by atoms with van der Waals surface area (Å²) in [6, 6.07) is 0.162. The molecule has 0 radical (unpaired) electrons. The molecule has 15 heavy (non-hydrogen) atoms. The van der Waals surface area contributed by atoms with Gasteiger partial charge in [-0.3, -0.25) is 4.79 Å². The molecule has 4 nitrogen and oxygen atoms in total. The Balaban J connectivity index is 3.50. The van der Waals surface area contributed by atoms with E-state index in [1.54, 1.807) is 7.05 Å². The summed E-state index contributed by atoms with van der Waals surface area (Å²) in [4.78, 5) is 10.9. The Kier molecular flexibility index (Phi) is 8.33. The Hall–Kier alpha value is -0.610. The van der Waals surface area contributed by atoms with Crippen molar-refractivity contribution in [3.05, 3.63) is 0 Å². The third kappa shape index (κ3) is 8.39. The smallest absolute Gasteiger partial charge is 0.219 e. The lowest BCUT2D eigenvalue weighted by molar-refractivity contribution is -0.120. The number of carbonyl (C=O) groups is 1. The van der Waals surface area contributed by atoms with Crippen LogP contribution in [0.25, 0.3) is 0 Å². The van der Waals surface area contributed by atoms with Crippen molar-refractivity contribution in [2.45, 2.75) is 39.2 Å². The van der Waals surface area contributed by atoms with E-state index in [-0.39, 0.29) is 18.6 Å². The summed E-state index contributed by atoms with van der Waals surface area (Å²) >= 11 is 0. The topological polar surface area (TPSA) is 61.4 Å². The SMILES string of the molecule is CNC(=O)CCCNC(CO)CC(C)C. The second-order valence-electron chi connectivity index (χ2n) is 4.24. The molecule has 1 unspecified atom stereocenters. The number of hydrogen-bond donors (Lipinski definition) is 3. The van der Waals surface area contributed by atoms with Crippen LogP contribution in [0, 0.1) is 5.92 Å². The minimum absolute atomic E-state index is 0.0706. The highest BCUT2D eigenvalue weighted by molar-refractivity contribution is 5.75. The monoisotopic (exact) mass is 216 g/mol. The fourth-order valence-corrected chi connectivity index (χ4v) is 1.47. The van der Waals surface area contributed by atoms with Crippen LogP contribution in [0.5, 0.6) is 0 Å². The molecule has 0 heterocycles. The van der Waals surface area contributed by atoms with Crippen molar-refractivity contribution >= 4 is 5.91 Å². The van der Waals surface area contributed by atoms with Gasteiger partial charge in [-0.1, -0.05) is 13.8 Å². The van der Waals surface area contributed by atoms with Gasteiger partial charge in [0.25, 0.3) is 0 Å². The van der Waals surface area contributed by atoms with Crippen molar-refractivity contribution in [3.8, 4) is 0 Å². The summed E-state index contributed by atoms with van der Waals surface area (Å²) in [7, 11) is 1.64. The van der Waals surface area contributed by atoms with Crippen LogP contribution >= 0.6 is 0 Å². The molecule has 0 rings (SSSR count). The van der Waals surface area contributed by atoms with E-state index in [0.29, 0.717) is 12.3 Å². The average Bonchev–Trinajstić information content (AvgIpc) is 2.21. The first-order valence-electron chi connectivity index (χ1n) is 5.65. The van der Waals surface area contributed by atoms with Gasteiger partial charge >= 0.3 is 0 Å². The number of hydrogen-bond acceptors (Lipinski definition) is 3.